The van der Waals surface area contributed by atoms with Crippen molar-refractivity contribution in [1.82, 2.24) is 4.98 Å². The molecule has 1 unspecified atom stereocenters. The van der Waals surface area contributed by atoms with E-state index in [1.165, 1.54) is 7.11 Å². The molecule has 1 amide bonds. The number of aromatic nitrogens is 1. The van der Waals surface area contributed by atoms with Crippen LogP contribution >= 0.6 is 11.6 Å². The van der Waals surface area contributed by atoms with Crippen molar-refractivity contribution < 1.29 is 19.1 Å². The van der Waals surface area contributed by atoms with Gasteiger partial charge in [-0.2, -0.15) is 5.26 Å². The molecule has 1 aliphatic rings. The predicted molar refractivity (Wildman–Crippen MR) is 126 cm³/mol. The van der Waals surface area contributed by atoms with E-state index in [2.05, 4.69) is 10.3 Å². The first-order valence-electron chi connectivity index (χ1n) is 10.7. The van der Waals surface area contributed by atoms with Gasteiger partial charge in [-0.1, -0.05) is 24.6 Å². The lowest BCUT2D eigenvalue weighted by molar-refractivity contribution is -0.125. The minimum atomic E-state index is -0.696. The van der Waals surface area contributed by atoms with Gasteiger partial charge in [0.15, 0.2) is 0 Å². The molecule has 1 atom stereocenters. The Morgan fingerprint density at radius 3 is 2.58 bits per heavy atom. The van der Waals surface area contributed by atoms with Crippen LogP contribution in [0, 0.1) is 16.7 Å². The van der Waals surface area contributed by atoms with E-state index < -0.39 is 23.0 Å². The summed E-state index contributed by atoms with van der Waals surface area (Å²) in [4.78, 5) is 30.5. The number of ether oxygens (including phenoxy) is 2. The second-order valence-electron chi connectivity index (χ2n) is 9.51. The summed E-state index contributed by atoms with van der Waals surface area (Å²) < 4.78 is 10.8. The molecule has 7 nitrogen and oxygen atoms in total. The van der Waals surface area contributed by atoms with Gasteiger partial charge in [-0.05, 0) is 63.4 Å². The summed E-state index contributed by atoms with van der Waals surface area (Å²) in [7, 11) is 1.49. The molecule has 0 saturated heterocycles. The van der Waals surface area contributed by atoms with Gasteiger partial charge < -0.3 is 9.47 Å². The third kappa shape index (κ3) is 6.02. The van der Waals surface area contributed by atoms with Gasteiger partial charge in [-0.15, -0.1) is 0 Å². The number of nitriles is 1. The van der Waals surface area contributed by atoms with E-state index in [9.17, 15) is 14.9 Å². The van der Waals surface area contributed by atoms with Crippen molar-refractivity contribution >= 4 is 29.2 Å². The number of hydrogen-bond donors (Lipinski definition) is 1. The summed E-state index contributed by atoms with van der Waals surface area (Å²) in [5.41, 5.74) is 0.677. The van der Waals surface area contributed by atoms with E-state index in [-0.39, 0.29) is 17.9 Å². The molecular formula is C25H28ClN3O4. The van der Waals surface area contributed by atoms with Crippen molar-refractivity contribution in [1.29, 1.82) is 5.26 Å². The number of ketones is 1. The maximum Gasteiger partial charge on any atom is 0.412 e. The number of carbonyl (C=O) groups excluding carboxylic acids is 2. The van der Waals surface area contributed by atoms with Crippen LogP contribution in [-0.4, -0.2) is 29.6 Å². The van der Waals surface area contributed by atoms with E-state index in [1.54, 1.807) is 51.1 Å². The number of nitrogens with zero attached hydrogens (tertiary/aromatic N) is 2. The Morgan fingerprint density at radius 1 is 1.30 bits per heavy atom. The number of carbonyl (C=O) groups is 2. The highest BCUT2D eigenvalue weighted by Crippen LogP contribution is 2.50. The Bertz CT molecular complexity index is 1110. The number of Topliss-reactive ketones (excluding diaryl/α,β-unsaturated/α-hetero) is 1. The summed E-state index contributed by atoms with van der Waals surface area (Å²) in [6.07, 6.45) is 1.21. The zero-order valence-electron chi connectivity index (χ0n) is 19.5. The van der Waals surface area contributed by atoms with Gasteiger partial charge in [0.05, 0.1) is 18.1 Å². The van der Waals surface area contributed by atoms with E-state index in [0.29, 0.717) is 27.7 Å². The molecule has 0 spiro atoms. The second-order valence-corrected chi connectivity index (χ2v) is 9.92. The number of methoxy groups -OCH3 is 1. The average Bonchev–Trinajstić information content (AvgIpc) is 3.49. The second kappa shape index (κ2) is 9.40. The molecule has 1 aromatic heterocycles. The third-order valence-electron chi connectivity index (χ3n) is 5.58. The summed E-state index contributed by atoms with van der Waals surface area (Å²) in [6, 6.07) is 10.4. The van der Waals surface area contributed by atoms with E-state index in [4.69, 9.17) is 21.1 Å². The molecule has 1 aromatic carbocycles. The van der Waals surface area contributed by atoms with E-state index in [1.807, 2.05) is 13.0 Å². The minimum Gasteiger partial charge on any atom is -0.495 e. The fraction of sp³-hybridized carbons (Fsp3) is 0.440. The number of hydrogen-bond acceptors (Lipinski definition) is 6. The Hall–Kier alpha value is -3.11. The van der Waals surface area contributed by atoms with Gasteiger partial charge in [-0.25, -0.2) is 9.78 Å². The predicted octanol–water partition coefficient (Wildman–Crippen LogP) is 5.66. The molecule has 0 bridgehead atoms. The highest BCUT2D eigenvalue weighted by atomic mass is 35.5. The first kappa shape index (κ1) is 24.5. The summed E-state index contributed by atoms with van der Waals surface area (Å²) in [6.45, 7) is 7.24. The molecule has 0 radical (unpaired) electrons. The van der Waals surface area contributed by atoms with Crippen molar-refractivity contribution in [2.75, 3.05) is 12.4 Å². The fourth-order valence-corrected chi connectivity index (χ4v) is 3.84. The number of halogens is 1. The van der Waals surface area contributed by atoms with Crippen molar-refractivity contribution in [2.45, 2.75) is 58.5 Å². The first-order valence-corrected chi connectivity index (χ1v) is 11.1. The topological polar surface area (TPSA) is 101 Å². The number of benzene rings is 1. The van der Waals surface area contributed by atoms with Gasteiger partial charge in [-0.3, -0.25) is 10.1 Å². The summed E-state index contributed by atoms with van der Waals surface area (Å²) in [5.74, 6) is -0.197. The lowest BCUT2D eigenvalue weighted by Gasteiger charge is -2.25. The normalized spacial score (nSPS) is 15.2. The number of nitrogens with one attached hydrogen (secondary N) is 1. The molecular weight excluding hydrogens is 442 g/mol. The van der Waals surface area contributed by atoms with Crippen LogP contribution in [0.3, 0.4) is 0 Å². The van der Waals surface area contributed by atoms with Gasteiger partial charge in [0.1, 0.15) is 28.9 Å². The van der Waals surface area contributed by atoms with Gasteiger partial charge in [0.25, 0.3) is 0 Å². The minimum absolute atomic E-state index is 0.0447. The van der Waals surface area contributed by atoms with Crippen LogP contribution in [0.1, 0.15) is 63.4 Å². The van der Waals surface area contributed by atoms with Crippen LogP contribution in [0.15, 0.2) is 30.3 Å². The molecule has 1 saturated carbocycles. The van der Waals surface area contributed by atoms with Crippen LogP contribution in [0.5, 0.6) is 5.75 Å². The molecule has 3 rings (SSSR count). The third-order valence-corrected chi connectivity index (χ3v) is 5.88. The first-order chi connectivity index (χ1) is 15.5. The maximum atomic E-state index is 13.6. The van der Waals surface area contributed by atoms with E-state index >= 15 is 0 Å². The Morgan fingerprint density at radius 2 is 2.00 bits per heavy atom. The number of amides is 1. The van der Waals surface area contributed by atoms with Gasteiger partial charge in [0, 0.05) is 23.2 Å². The SMILES string of the molecule is COc1cc(C(Cc2cccc(C#N)n2)C(=O)C2(C)CC2)c(NC(=O)OC(C)(C)C)cc1Cl. The molecule has 0 aliphatic heterocycles. The lowest BCUT2D eigenvalue weighted by Crippen LogP contribution is -2.29. The number of pyridine rings is 1. The molecule has 1 aliphatic carbocycles. The number of rotatable bonds is 7. The molecule has 1 N–H and O–H groups in total. The quantitative estimate of drug-likeness (QED) is 0.561. The van der Waals surface area contributed by atoms with Crippen molar-refractivity contribution in [3.8, 4) is 11.8 Å². The van der Waals surface area contributed by atoms with Gasteiger partial charge in [0.2, 0.25) is 0 Å². The van der Waals surface area contributed by atoms with Crippen LogP contribution < -0.4 is 10.1 Å². The highest BCUT2D eigenvalue weighted by Gasteiger charge is 2.48. The smallest absolute Gasteiger partial charge is 0.412 e. The Kier molecular flexibility index (Phi) is 6.99. The summed E-state index contributed by atoms with van der Waals surface area (Å²) in [5, 5.41) is 12.3. The highest BCUT2D eigenvalue weighted by molar-refractivity contribution is 6.32. The van der Waals surface area contributed by atoms with E-state index in [0.717, 1.165) is 12.8 Å². The standard InChI is InChI=1S/C25H28ClN3O4/c1-24(2,3)33-23(31)29-20-13-19(26)21(32-5)12-17(20)18(22(30)25(4)9-10-25)11-15-7-6-8-16(14-27)28-15/h6-8,12-13,18H,9-11H2,1-5H3,(H,29,31). The Balaban J connectivity index is 2.08. The van der Waals surface area contributed by atoms with Crippen molar-refractivity contribution in [3.05, 3.63) is 52.3 Å². The van der Waals surface area contributed by atoms with Crippen LogP contribution in [0.4, 0.5) is 10.5 Å². The van der Waals surface area contributed by atoms with Crippen molar-refractivity contribution in [3.63, 3.8) is 0 Å². The molecule has 8 heteroatoms. The fourth-order valence-electron chi connectivity index (χ4n) is 3.60. The molecule has 1 heterocycles. The number of anilines is 1. The summed E-state index contributed by atoms with van der Waals surface area (Å²) >= 11 is 6.35. The lowest BCUT2D eigenvalue weighted by atomic mass is 9.82. The monoisotopic (exact) mass is 469 g/mol. The van der Waals surface area contributed by atoms with Crippen molar-refractivity contribution in [2.24, 2.45) is 5.41 Å². The van der Waals surface area contributed by atoms with Crippen LogP contribution in [0.2, 0.25) is 5.02 Å². The molecule has 2 aromatic rings. The zero-order valence-corrected chi connectivity index (χ0v) is 20.2. The molecule has 1 fully saturated rings. The van der Waals surface area contributed by atoms with Crippen LogP contribution in [0.25, 0.3) is 0 Å². The Labute approximate surface area is 199 Å². The largest absolute Gasteiger partial charge is 0.495 e. The van der Waals surface area contributed by atoms with Crippen LogP contribution in [-0.2, 0) is 16.0 Å². The zero-order chi connectivity index (χ0) is 24.4. The maximum absolute atomic E-state index is 13.6. The molecule has 174 valence electrons. The van der Waals surface area contributed by atoms with Gasteiger partial charge >= 0.3 is 6.09 Å². The molecule has 33 heavy (non-hydrogen) atoms. The average molecular weight is 470 g/mol.